The van der Waals surface area contributed by atoms with Crippen LogP contribution < -0.4 is 5.32 Å². The molecule has 188 valence electrons. The summed E-state index contributed by atoms with van der Waals surface area (Å²) in [6.45, 7) is 10.1. The van der Waals surface area contributed by atoms with E-state index in [1.165, 1.54) is 6.42 Å². The van der Waals surface area contributed by atoms with Crippen LogP contribution in [0.4, 0.5) is 5.95 Å². The summed E-state index contributed by atoms with van der Waals surface area (Å²) < 4.78 is 7.90. The average Bonchev–Trinajstić information content (AvgIpc) is 3.26. The Morgan fingerprint density at radius 1 is 1.31 bits per heavy atom. The lowest BCUT2D eigenvalue weighted by molar-refractivity contribution is -0.0980. The monoisotopic (exact) mass is 480 g/mol. The Hall–Kier alpha value is -3.55. The SMILES string of the molecule is C=O.CC/C=C(O)\C(=C(/CC)OCC1=C(O)C(C)n2nc(-c3cccc(C)c3)nc2N1)C1CCC1. The first-order valence-electron chi connectivity index (χ1n) is 12.2. The first-order chi connectivity index (χ1) is 16.9. The number of hydrogen-bond acceptors (Lipinski definition) is 7. The number of aliphatic hydroxyl groups excluding tert-OH is 2. The van der Waals surface area contributed by atoms with Crippen molar-refractivity contribution >= 4 is 12.7 Å². The molecule has 3 N–H and O–H groups in total. The van der Waals surface area contributed by atoms with E-state index in [1.54, 1.807) is 4.68 Å². The van der Waals surface area contributed by atoms with Gasteiger partial charge in [-0.15, -0.1) is 5.10 Å². The summed E-state index contributed by atoms with van der Waals surface area (Å²) in [5.41, 5.74) is 3.55. The summed E-state index contributed by atoms with van der Waals surface area (Å²) in [5.74, 6) is 2.80. The molecule has 1 saturated carbocycles. The van der Waals surface area contributed by atoms with Gasteiger partial charge in [-0.2, -0.15) is 4.98 Å². The normalized spacial score (nSPS) is 18.5. The Labute approximate surface area is 207 Å². The number of fused-ring (bicyclic) bond motifs is 1. The maximum absolute atomic E-state index is 10.9. The molecule has 1 atom stereocenters. The van der Waals surface area contributed by atoms with Crippen LogP contribution in [-0.2, 0) is 9.53 Å². The number of aromatic nitrogens is 3. The van der Waals surface area contributed by atoms with Crippen LogP contribution in [0.3, 0.4) is 0 Å². The van der Waals surface area contributed by atoms with Gasteiger partial charge < -0.3 is 25.1 Å². The van der Waals surface area contributed by atoms with Crippen molar-refractivity contribution < 1.29 is 19.7 Å². The highest BCUT2D eigenvalue weighted by Gasteiger charge is 2.30. The molecule has 1 aromatic heterocycles. The molecule has 0 spiro atoms. The summed E-state index contributed by atoms with van der Waals surface area (Å²) in [4.78, 5) is 12.7. The zero-order valence-corrected chi connectivity index (χ0v) is 21.0. The minimum absolute atomic E-state index is 0.168. The Morgan fingerprint density at radius 2 is 2.06 bits per heavy atom. The van der Waals surface area contributed by atoms with Gasteiger partial charge in [-0.3, -0.25) is 0 Å². The van der Waals surface area contributed by atoms with Gasteiger partial charge in [0.25, 0.3) is 0 Å². The van der Waals surface area contributed by atoms with Crippen molar-refractivity contribution in [2.24, 2.45) is 5.92 Å². The Kier molecular flexibility index (Phi) is 8.73. The minimum atomic E-state index is -0.362. The van der Waals surface area contributed by atoms with E-state index < -0.39 is 0 Å². The maximum Gasteiger partial charge on any atom is 0.226 e. The molecule has 1 fully saturated rings. The topological polar surface area (TPSA) is 110 Å². The van der Waals surface area contributed by atoms with Crippen molar-refractivity contribution in [2.45, 2.75) is 65.8 Å². The molecule has 2 aromatic rings. The van der Waals surface area contributed by atoms with Crippen LogP contribution in [0.1, 0.15) is 64.5 Å². The van der Waals surface area contributed by atoms with Gasteiger partial charge in [0, 0.05) is 17.6 Å². The number of aryl methyl sites for hydroxylation is 1. The van der Waals surface area contributed by atoms with Gasteiger partial charge in [0.1, 0.15) is 36.7 Å². The zero-order chi connectivity index (χ0) is 25.5. The molecule has 1 unspecified atom stereocenters. The predicted molar refractivity (Wildman–Crippen MR) is 137 cm³/mol. The molecule has 4 rings (SSSR count). The molecule has 0 radical (unpaired) electrons. The molecule has 0 bridgehead atoms. The van der Waals surface area contributed by atoms with Gasteiger partial charge in [0.15, 0.2) is 5.82 Å². The van der Waals surface area contributed by atoms with Crippen molar-refractivity contribution in [3.05, 3.63) is 64.5 Å². The van der Waals surface area contributed by atoms with Crippen LogP contribution in [-0.4, -0.2) is 38.4 Å². The molecular weight excluding hydrogens is 444 g/mol. The Morgan fingerprint density at radius 3 is 2.66 bits per heavy atom. The van der Waals surface area contributed by atoms with E-state index in [9.17, 15) is 10.2 Å². The number of carbonyl (C=O) groups is 1. The Balaban J connectivity index is 0.00000167. The van der Waals surface area contributed by atoms with E-state index in [0.29, 0.717) is 35.6 Å². The lowest BCUT2D eigenvalue weighted by atomic mass is 9.78. The molecule has 2 aliphatic rings. The molecule has 1 aromatic carbocycles. The van der Waals surface area contributed by atoms with E-state index in [2.05, 4.69) is 15.4 Å². The molecule has 35 heavy (non-hydrogen) atoms. The number of hydrogen-bond donors (Lipinski definition) is 3. The van der Waals surface area contributed by atoms with Crippen LogP contribution >= 0.6 is 0 Å². The van der Waals surface area contributed by atoms with Gasteiger partial charge >= 0.3 is 0 Å². The van der Waals surface area contributed by atoms with Crippen LogP contribution in [0.5, 0.6) is 0 Å². The third-order valence-electron chi connectivity index (χ3n) is 6.44. The lowest BCUT2D eigenvalue weighted by Gasteiger charge is -2.30. The molecule has 8 heteroatoms. The molecule has 1 aliphatic heterocycles. The zero-order valence-electron chi connectivity index (χ0n) is 21.0. The van der Waals surface area contributed by atoms with Crippen molar-refractivity contribution in [1.29, 1.82) is 0 Å². The number of anilines is 1. The maximum atomic E-state index is 10.9. The van der Waals surface area contributed by atoms with Crippen molar-refractivity contribution in [2.75, 3.05) is 11.9 Å². The first-order valence-corrected chi connectivity index (χ1v) is 12.2. The molecule has 0 saturated heterocycles. The molecular formula is C27H36N4O4. The van der Waals surface area contributed by atoms with E-state index in [0.717, 1.165) is 41.7 Å². The summed E-state index contributed by atoms with van der Waals surface area (Å²) >= 11 is 0. The Bertz CT molecular complexity index is 1130. The van der Waals surface area contributed by atoms with Gasteiger partial charge in [0.05, 0.1) is 5.70 Å². The summed E-state index contributed by atoms with van der Waals surface area (Å²) in [5, 5.41) is 29.3. The van der Waals surface area contributed by atoms with Gasteiger partial charge in [0.2, 0.25) is 5.95 Å². The standard InChI is InChI=1S/C26H34N4O3.CH2O/c1-5-9-21(31)23(18-11-8-12-18)22(6-2)33-15-20-24(32)17(4)30-26(27-20)28-25(29-30)19-13-7-10-16(3)14-19;1-2/h7,9-10,13-14,17-18,31-32H,5-6,8,11-12,15H2,1-4H3,(H,27,28,29);1H2/b21-9+,23-22+;. The van der Waals surface area contributed by atoms with E-state index in [1.807, 2.05) is 64.8 Å². The molecule has 0 amide bonds. The third kappa shape index (κ3) is 5.58. The second-order valence-electron chi connectivity index (χ2n) is 8.84. The van der Waals surface area contributed by atoms with Crippen LogP contribution in [0, 0.1) is 12.8 Å². The van der Waals surface area contributed by atoms with E-state index in [4.69, 9.17) is 9.53 Å². The minimum Gasteiger partial charge on any atom is -0.508 e. The highest BCUT2D eigenvalue weighted by Crippen LogP contribution is 2.39. The second-order valence-corrected chi connectivity index (χ2v) is 8.84. The average molecular weight is 481 g/mol. The van der Waals surface area contributed by atoms with Crippen molar-refractivity contribution in [3.8, 4) is 11.4 Å². The number of nitrogens with zero attached hydrogens (tertiary/aromatic N) is 3. The van der Waals surface area contributed by atoms with Crippen molar-refractivity contribution in [1.82, 2.24) is 14.8 Å². The van der Waals surface area contributed by atoms with Crippen molar-refractivity contribution in [3.63, 3.8) is 0 Å². The van der Waals surface area contributed by atoms with Gasteiger partial charge in [-0.25, -0.2) is 4.68 Å². The van der Waals surface area contributed by atoms with E-state index in [-0.39, 0.29) is 18.4 Å². The third-order valence-corrected chi connectivity index (χ3v) is 6.44. The number of rotatable bonds is 8. The molecule has 1 aliphatic carbocycles. The van der Waals surface area contributed by atoms with Gasteiger partial charge in [-0.05, 0) is 51.2 Å². The summed E-state index contributed by atoms with van der Waals surface area (Å²) in [7, 11) is 0. The highest BCUT2D eigenvalue weighted by atomic mass is 16.5. The number of ether oxygens (including phenoxy) is 1. The van der Waals surface area contributed by atoms with E-state index >= 15 is 0 Å². The summed E-state index contributed by atoms with van der Waals surface area (Å²) in [6.07, 6.45) is 6.59. The number of allylic oxidation sites excluding steroid dienone is 4. The smallest absolute Gasteiger partial charge is 0.226 e. The number of aliphatic hydroxyl groups is 2. The molecule has 8 nitrogen and oxygen atoms in total. The first kappa shape index (κ1) is 26.1. The fraction of sp³-hybridized carbons (Fsp3) is 0.444. The number of carbonyl (C=O) groups excluding carboxylic acids is 1. The van der Waals surface area contributed by atoms with Gasteiger partial charge in [-0.1, -0.05) is 44.0 Å². The summed E-state index contributed by atoms with van der Waals surface area (Å²) in [6, 6.07) is 7.68. The lowest BCUT2D eigenvalue weighted by Crippen LogP contribution is -2.25. The number of nitrogens with one attached hydrogen (secondary N) is 1. The highest BCUT2D eigenvalue weighted by molar-refractivity contribution is 5.58. The quantitative estimate of drug-likeness (QED) is 0.307. The largest absolute Gasteiger partial charge is 0.508 e. The molecule has 2 heterocycles. The van der Waals surface area contributed by atoms with Crippen LogP contribution in [0.2, 0.25) is 0 Å². The fourth-order valence-electron chi connectivity index (χ4n) is 4.37. The van der Waals surface area contributed by atoms with Crippen LogP contribution in [0.25, 0.3) is 11.4 Å². The number of benzene rings is 1. The second kappa shape index (κ2) is 11.7. The predicted octanol–water partition coefficient (Wildman–Crippen LogP) is 6.16. The van der Waals surface area contributed by atoms with Crippen LogP contribution in [0.15, 0.2) is 58.9 Å². The fourth-order valence-corrected chi connectivity index (χ4v) is 4.37.